The van der Waals surface area contributed by atoms with E-state index in [0.717, 1.165) is 17.4 Å². The van der Waals surface area contributed by atoms with E-state index < -0.39 is 0 Å². The van der Waals surface area contributed by atoms with Gasteiger partial charge in [0.1, 0.15) is 5.82 Å². The smallest absolute Gasteiger partial charge is 0.192 e. The second kappa shape index (κ2) is 7.94. The van der Waals surface area contributed by atoms with Crippen LogP contribution in [0.25, 0.3) is 11.4 Å². The molecule has 0 radical (unpaired) electrons. The fourth-order valence-corrected chi connectivity index (χ4v) is 6.05. The van der Waals surface area contributed by atoms with Crippen molar-refractivity contribution in [3.05, 3.63) is 50.4 Å². The Balaban J connectivity index is 1.66. The third-order valence-corrected chi connectivity index (χ3v) is 7.30. The average molecular weight is 422 g/mol. The summed E-state index contributed by atoms with van der Waals surface area (Å²) in [6.07, 6.45) is 4.80. The number of halogens is 2. The molecule has 0 bridgehead atoms. The Labute approximate surface area is 172 Å². The Morgan fingerprint density at radius 3 is 2.85 bits per heavy atom. The van der Waals surface area contributed by atoms with Gasteiger partial charge in [0.2, 0.25) is 0 Å². The van der Waals surface area contributed by atoms with Crippen molar-refractivity contribution in [1.29, 1.82) is 0 Å². The fourth-order valence-electron chi connectivity index (χ4n) is 3.51. The second-order valence-corrected chi connectivity index (χ2v) is 9.33. The number of benzene rings is 1. The van der Waals surface area contributed by atoms with Crippen LogP contribution in [0.1, 0.15) is 48.7 Å². The monoisotopic (exact) mass is 421 g/mol. The number of aromatic nitrogens is 3. The molecule has 27 heavy (non-hydrogen) atoms. The zero-order valence-electron chi connectivity index (χ0n) is 15.3. The van der Waals surface area contributed by atoms with Gasteiger partial charge in [-0.15, -0.1) is 21.5 Å². The number of nitrogens with zero attached hydrogens (tertiary/aromatic N) is 3. The average Bonchev–Trinajstić information content (AvgIpc) is 3.25. The van der Waals surface area contributed by atoms with Gasteiger partial charge in [0.05, 0.1) is 0 Å². The van der Waals surface area contributed by atoms with Crippen molar-refractivity contribution < 1.29 is 4.39 Å². The number of fused-ring (bicyclic) bond motifs is 1. The first kappa shape index (κ1) is 19.0. The summed E-state index contributed by atoms with van der Waals surface area (Å²) in [7, 11) is 0. The molecule has 0 saturated carbocycles. The maximum Gasteiger partial charge on any atom is 0.192 e. The highest BCUT2D eigenvalue weighted by atomic mass is 35.5. The summed E-state index contributed by atoms with van der Waals surface area (Å²) in [5.41, 5.74) is 3.16. The Morgan fingerprint density at radius 2 is 2.07 bits per heavy atom. The summed E-state index contributed by atoms with van der Waals surface area (Å²) in [5, 5.41) is 12.4. The predicted octanol–water partition coefficient (Wildman–Crippen LogP) is 6.55. The second-order valence-electron chi connectivity index (χ2n) is 7.02. The molecule has 0 aliphatic heterocycles. The first-order valence-electron chi connectivity index (χ1n) is 9.16. The van der Waals surface area contributed by atoms with Gasteiger partial charge in [0.15, 0.2) is 11.0 Å². The van der Waals surface area contributed by atoms with Gasteiger partial charge in [-0.1, -0.05) is 29.4 Å². The third-order valence-electron chi connectivity index (χ3n) is 4.89. The normalized spacial score (nSPS) is 14.0. The first-order chi connectivity index (χ1) is 13.1. The maximum absolute atomic E-state index is 14.1. The topological polar surface area (TPSA) is 30.7 Å². The van der Waals surface area contributed by atoms with Crippen molar-refractivity contribution in [2.45, 2.75) is 56.5 Å². The standard InChI is InChI=1S/C20H21ClFN3S2/c1-12(2)25-19(14-10-26-18-9-4-3-6-13(14)18)23-24-20(25)27-11-15-16(21)7-5-8-17(15)22/h5,7-8,10,12H,3-4,6,9,11H2,1-2H3. The highest BCUT2D eigenvalue weighted by molar-refractivity contribution is 7.98. The molecule has 142 valence electrons. The van der Waals surface area contributed by atoms with Gasteiger partial charge in [0.25, 0.3) is 0 Å². The largest absolute Gasteiger partial charge is 0.299 e. The molecule has 0 spiro atoms. The van der Waals surface area contributed by atoms with E-state index in [1.54, 1.807) is 12.1 Å². The van der Waals surface area contributed by atoms with E-state index in [4.69, 9.17) is 11.6 Å². The number of hydrogen-bond acceptors (Lipinski definition) is 4. The minimum absolute atomic E-state index is 0.215. The lowest BCUT2D eigenvalue weighted by molar-refractivity contribution is 0.554. The van der Waals surface area contributed by atoms with Crippen molar-refractivity contribution in [2.75, 3.05) is 0 Å². The molecule has 0 saturated heterocycles. The molecule has 2 aromatic heterocycles. The molecule has 0 atom stereocenters. The number of thioether (sulfide) groups is 1. The molecule has 7 heteroatoms. The van der Waals surface area contributed by atoms with Crippen LogP contribution in [0.15, 0.2) is 28.7 Å². The summed E-state index contributed by atoms with van der Waals surface area (Å²) < 4.78 is 16.3. The molecule has 1 aromatic carbocycles. The summed E-state index contributed by atoms with van der Waals surface area (Å²) in [5.74, 6) is 1.07. The maximum atomic E-state index is 14.1. The molecular formula is C20H21ClFN3S2. The van der Waals surface area contributed by atoms with Gasteiger partial charge in [0, 0.05) is 38.2 Å². The fraction of sp³-hybridized carbons (Fsp3) is 0.400. The molecule has 4 rings (SSSR count). The molecule has 2 heterocycles. The molecular weight excluding hydrogens is 401 g/mol. The van der Waals surface area contributed by atoms with Crippen molar-refractivity contribution in [3.63, 3.8) is 0 Å². The molecule has 0 amide bonds. The van der Waals surface area contributed by atoms with Crippen LogP contribution in [0.4, 0.5) is 4.39 Å². The minimum Gasteiger partial charge on any atom is -0.299 e. The number of thiophene rings is 1. The van der Waals surface area contributed by atoms with Crippen molar-refractivity contribution in [1.82, 2.24) is 14.8 Å². The minimum atomic E-state index is -0.280. The molecule has 3 nitrogen and oxygen atoms in total. The Hall–Kier alpha value is -1.37. The molecule has 0 unspecified atom stereocenters. The van der Waals surface area contributed by atoms with E-state index in [0.29, 0.717) is 16.3 Å². The highest BCUT2D eigenvalue weighted by Crippen LogP contribution is 2.38. The van der Waals surface area contributed by atoms with E-state index >= 15 is 0 Å². The van der Waals surface area contributed by atoms with E-state index in [-0.39, 0.29) is 11.9 Å². The van der Waals surface area contributed by atoms with Gasteiger partial charge in [-0.05, 0) is 57.2 Å². The van der Waals surface area contributed by atoms with E-state index in [1.165, 1.54) is 53.1 Å². The Morgan fingerprint density at radius 1 is 1.26 bits per heavy atom. The molecule has 1 aliphatic rings. The van der Waals surface area contributed by atoms with Crippen molar-refractivity contribution in [2.24, 2.45) is 0 Å². The number of rotatable bonds is 5. The summed E-state index contributed by atoms with van der Waals surface area (Å²) in [6, 6.07) is 5.00. The van der Waals surface area contributed by atoms with Gasteiger partial charge in [-0.2, -0.15) is 0 Å². The van der Waals surface area contributed by atoms with Crippen LogP contribution in [0.2, 0.25) is 5.02 Å². The summed E-state index contributed by atoms with van der Waals surface area (Å²) in [6.45, 7) is 4.26. The zero-order valence-corrected chi connectivity index (χ0v) is 17.7. The van der Waals surface area contributed by atoms with E-state index in [2.05, 4.69) is 34.0 Å². The van der Waals surface area contributed by atoms with E-state index in [9.17, 15) is 4.39 Å². The van der Waals surface area contributed by atoms with Gasteiger partial charge in [-0.3, -0.25) is 4.57 Å². The van der Waals surface area contributed by atoms with E-state index in [1.807, 2.05) is 11.3 Å². The Kier molecular flexibility index (Phi) is 5.58. The lowest BCUT2D eigenvalue weighted by Gasteiger charge is -2.16. The lowest BCUT2D eigenvalue weighted by Crippen LogP contribution is -2.07. The van der Waals surface area contributed by atoms with Crippen LogP contribution in [-0.2, 0) is 18.6 Å². The molecule has 0 fully saturated rings. The molecule has 1 aliphatic carbocycles. The van der Waals surface area contributed by atoms with Crippen LogP contribution in [-0.4, -0.2) is 14.8 Å². The lowest BCUT2D eigenvalue weighted by atomic mass is 9.95. The first-order valence-corrected chi connectivity index (χ1v) is 11.4. The SMILES string of the molecule is CC(C)n1c(SCc2c(F)cccc2Cl)nnc1-c1csc2c1CCCC2. The van der Waals surface area contributed by atoms with Crippen molar-refractivity contribution >= 4 is 34.7 Å². The van der Waals surface area contributed by atoms with Crippen LogP contribution >= 0.6 is 34.7 Å². The Bertz CT molecular complexity index is 944. The quantitative estimate of drug-likeness (QED) is 0.437. The van der Waals surface area contributed by atoms with Gasteiger partial charge >= 0.3 is 0 Å². The summed E-state index contributed by atoms with van der Waals surface area (Å²) in [4.78, 5) is 1.49. The van der Waals surface area contributed by atoms with Gasteiger partial charge < -0.3 is 0 Å². The molecule has 0 N–H and O–H groups in total. The predicted molar refractivity (Wildman–Crippen MR) is 111 cm³/mol. The van der Waals surface area contributed by atoms with Gasteiger partial charge in [-0.25, -0.2) is 4.39 Å². The highest BCUT2D eigenvalue weighted by Gasteiger charge is 2.23. The number of hydrogen-bond donors (Lipinski definition) is 0. The van der Waals surface area contributed by atoms with Crippen LogP contribution in [0.3, 0.4) is 0 Å². The zero-order chi connectivity index (χ0) is 19.0. The van der Waals surface area contributed by atoms with Crippen LogP contribution in [0.5, 0.6) is 0 Å². The van der Waals surface area contributed by atoms with Crippen LogP contribution in [0, 0.1) is 5.82 Å². The summed E-state index contributed by atoms with van der Waals surface area (Å²) >= 11 is 9.49. The number of aryl methyl sites for hydroxylation is 1. The molecule has 3 aromatic rings. The van der Waals surface area contributed by atoms with Crippen molar-refractivity contribution in [3.8, 4) is 11.4 Å². The van der Waals surface area contributed by atoms with Crippen LogP contribution < -0.4 is 0 Å². The third kappa shape index (κ3) is 3.67.